The van der Waals surface area contributed by atoms with Crippen LogP contribution in [-0.2, 0) is 9.53 Å². The molecule has 1 aromatic carbocycles. The summed E-state index contributed by atoms with van der Waals surface area (Å²) in [6.45, 7) is 3.39. The summed E-state index contributed by atoms with van der Waals surface area (Å²) in [7, 11) is 0. The molecule has 0 saturated carbocycles. The fourth-order valence-corrected chi connectivity index (χ4v) is 2.83. The second kappa shape index (κ2) is 9.27. The van der Waals surface area contributed by atoms with E-state index in [1.807, 2.05) is 0 Å². The molecule has 0 unspecified atom stereocenters. The maximum Gasteiger partial charge on any atom is 0.341 e. The van der Waals surface area contributed by atoms with Crippen molar-refractivity contribution in [3.63, 3.8) is 0 Å². The van der Waals surface area contributed by atoms with Gasteiger partial charge in [0.15, 0.2) is 6.10 Å². The smallest absolute Gasteiger partial charge is 0.341 e. The SMILES string of the molecule is C[C@@H](OC(=O)c1ccccc1NCCO)C(=O)N1CCCCCC1. The first kappa shape index (κ1) is 18.3. The van der Waals surface area contributed by atoms with Gasteiger partial charge < -0.3 is 20.1 Å². The summed E-state index contributed by atoms with van der Waals surface area (Å²) in [5.74, 6) is -0.669. The van der Waals surface area contributed by atoms with Crippen LogP contribution in [0.1, 0.15) is 43.0 Å². The highest BCUT2D eigenvalue weighted by molar-refractivity contribution is 5.97. The molecular formula is C18H26N2O4. The van der Waals surface area contributed by atoms with Gasteiger partial charge in [0.05, 0.1) is 12.2 Å². The van der Waals surface area contributed by atoms with Gasteiger partial charge in [0, 0.05) is 25.3 Å². The number of carbonyl (C=O) groups is 2. The fraction of sp³-hybridized carbons (Fsp3) is 0.556. The van der Waals surface area contributed by atoms with Gasteiger partial charge in [-0.15, -0.1) is 0 Å². The number of hydrogen-bond donors (Lipinski definition) is 2. The van der Waals surface area contributed by atoms with Gasteiger partial charge in [-0.3, -0.25) is 4.79 Å². The van der Waals surface area contributed by atoms with Gasteiger partial charge in [-0.25, -0.2) is 4.79 Å². The standard InChI is InChI=1S/C18H26N2O4/c1-14(17(22)20-11-6-2-3-7-12-20)24-18(23)15-8-4-5-9-16(15)19-10-13-21/h4-5,8-9,14,19,21H,2-3,6-7,10-13H2,1H3/t14-/m1/s1. The van der Waals surface area contributed by atoms with E-state index in [1.54, 1.807) is 36.1 Å². The highest BCUT2D eigenvalue weighted by atomic mass is 16.5. The van der Waals surface area contributed by atoms with Crippen molar-refractivity contribution in [1.82, 2.24) is 4.90 Å². The van der Waals surface area contributed by atoms with Crippen molar-refractivity contribution in [3.05, 3.63) is 29.8 Å². The molecule has 1 fully saturated rings. The second-order valence-corrected chi connectivity index (χ2v) is 5.98. The van der Waals surface area contributed by atoms with E-state index in [1.165, 1.54) is 0 Å². The van der Waals surface area contributed by atoms with Gasteiger partial charge in [0.1, 0.15) is 0 Å². The molecule has 0 radical (unpaired) electrons. The van der Waals surface area contributed by atoms with Crippen LogP contribution >= 0.6 is 0 Å². The minimum absolute atomic E-state index is 0.0345. The molecule has 6 nitrogen and oxygen atoms in total. The van der Waals surface area contributed by atoms with E-state index >= 15 is 0 Å². The van der Waals surface area contributed by atoms with Gasteiger partial charge in [0.25, 0.3) is 5.91 Å². The van der Waals surface area contributed by atoms with E-state index in [-0.39, 0.29) is 12.5 Å². The quantitative estimate of drug-likeness (QED) is 0.778. The van der Waals surface area contributed by atoms with Crippen LogP contribution in [0, 0.1) is 0 Å². The molecule has 6 heteroatoms. The minimum atomic E-state index is -0.804. The molecule has 1 atom stereocenters. The number of nitrogens with one attached hydrogen (secondary N) is 1. The van der Waals surface area contributed by atoms with Crippen LogP contribution in [0.4, 0.5) is 5.69 Å². The Labute approximate surface area is 142 Å². The Hall–Kier alpha value is -2.08. The molecular weight excluding hydrogens is 308 g/mol. The Bertz CT molecular complexity index is 554. The maximum absolute atomic E-state index is 12.5. The van der Waals surface area contributed by atoms with Crippen LogP contribution in [0.15, 0.2) is 24.3 Å². The van der Waals surface area contributed by atoms with E-state index in [0.29, 0.717) is 17.8 Å². The normalized spacial score (nSPS) is 16.2. The molecule has 0 aliphatic carbocycles. The highest BCUT2D eigenvalue weighted by Crippen LogP contribution is 2.18. The van der Waals surface area contributed by atoms with Crippen molar-refractivity contribution in [3.8, 4) is 0 Å². The first-order chi connectivity index (χ1) is 11.6. The summed E-state index contributed by atoms with van der Waals surface area (Å²) in [5, 5.41) is 11.9. The number of benzene rings is 1. The molecule has 1 aromatic rings. The Morgan fingerprint density at radius 2 is 1.88 bits per heavy atom. The molecule has 0 spiro atoms. The number of carbonyl (C=O) groups excluding carboxylic acids is 2. The van der Waals surface area contributed by atoms with E-state index in [0.717, 1.165) is 38.8 Å². The van der Waals surface area contributed by atoms with Crippen LogP contribution in [0.2, 0.25) is 0 Å². The lowest BCUT2D eigenvalue weighted by Gasteiger charge is -2.24. The third-order valence-electron chi connectivity index (χ3n) is 4.12. The molecule has 1 amide bonds. The van der Waals surface area contributed by atoms with E-state index in [2.05, 4.69) is 5.32 Å². The van der Waals surface area contributed by atoms with E-state index in [9.17, 15) is 9.59 Å². The van der Waals surface area contributed by atoms with Crippen molar-refractivity contribution in [2.75, 3.05) is 31.6 Å². The number of hydrogen-bond acceptors (Lipinski definition) is 5. The predicted octanol–water partition coefficient (Wildman–Crippen LogP) is 2.04. The largest absolute Gasteiger partial charge is 0.449 e. The summed E-state index contributed by atoms with van der Waals surface area (Å²) < 4.78 is 5.38. The predicted molar refractivity (Wildman–Crippen MR) is 91.9 cm³/mol. The van der Waals surface area contributed by atoms with Gasteiger partial charge in [-0.1, -0.05) is 25.0 Å². The van der Waals surface area contributed by atoms with E-state index < -0.39 is 12.1 Å². The molecule has 1 heterocycles. The van der Waals surface area contributed by atoms with Crippen molar-refractivity contribution in [2.24, 2.45) is 0 Å². The lowest BCUT2D eigenvalue weighted by Crippen LogP contribution is -2.40. The lowest BCUT2D eigenvalue weighted by molar-refractivity contribution is -0.139. The highest BCUT2D eigenvalue weighted by Gasteiger charge is 2.25. The van der Waals surface area contributed by atoms with Crippen LogP contribution in [-0.4, -0.2) is 54.2 Å². The Kier molecular flexibility index (Phi) is 7.06. The van der Waals surface area contributed by atoms with Crippen LogP contribution in [0.25, 0.3) is 0 Å². The summed E-state index contributed by atoms with van der Waals surface area (Å²) in [5.41, 5.74) is 0.951. The number of esters is 1. The average molecular weight is 334 g/mol. The van der Waals surface area contributed by atoms with Gasteiger partial charge in [-0.2, -0.15) is 0 Å². The number of para-hydroxylation sites is 1. The minimum Gasteiger partial charge on any atom is -0.449 e. The first-order valence-electron chi connectivity index (χ1n) is 8.57. The fourth-order valence-electron chi connectivity index (χ4n) is 2.83. The number of likely N-dealkylation sites (tertiary alicyclic amines) is 1. The maximum atomic E-state index is 12.5. The second-order valence-electron chi connectivity index (χ2n) is 5.98. The lowest BCUT2D eigenvalue weighted by atomic mass is 10.1. The molecule has 1 aliphatic heterocycles. The zero-order valence-corrected chi connectivity index (χ0v) is 14.2. The van der Waals surface area contributed by atoms with Crippen molar-refractivity contribution in [1.29, 1.82) is 0 Å². The Morgan fingerprint density at radius 1 is 1.21 bits per heavy atom. The molecule has 0 aromatic heterocycles. The number of aliphatic hydroxyl groups excluding tert-OH is 1. The molecule has 24 heavy (non-hydrogen) atoms. The van der Waals surface area contributed by atoms with Crippen molar-refractivity contribution < 1.29 is 19.4 Å². The molecule has 1 aliphatic rings. The third-order valence-corrected chi connectivity index (χ3v) is 4.12. The molecule has 2 rings (SSSR count). The van der Waals surface area contributed by atoms with Gasteiger partial charge in [0.2, 0.25) is 0 Å². The number of ether oxygens (including phenoxy) is 1. The van der Waals surface area contributed by atoms with Crippen molar-refractivity contribution >= 4 is 17.6 Å². The summed E-state index contributed by atoms with van der Waals surface area (Å²) in [4.78, 5) is 26.7. The zero-order chi connectivity index (χ0) is 17.4. The summed E-state index contributed by atoms with van der Waals surface area (Å²) in [6.07, 6.45) is 3.48. The summed E-state index contributed by atoms with van der Waals surface area (Å²) in [6, 6.07) is 6.92. The first-order valence-corrected chi connectivity index (χ1v) is 8.57. The molecule has 2 N–H and O–H groups in total. The van der Waals surface area contributed by atoms with Gasteiger partial charge in [-0.05, 0) is 31.9 Å². The molecule has 132 valence electrons. The number of nitrogens with zero attached hydrogens (tertiary/aromatic N) is 1. The molecule has 0 bridgehead atoms. The Balaban J connectivity index is 1.99. The van der Waals surface area contributed by atoms with E-state index in [4.69, 9.17) is 9.84 Å². The Morgan fingerprint density at radius 3 is 2.54 bits per heavy atom. The van der Waals surface area contributed by atoms with Crippen LogP contribution < -0.4 is 5.32 Å². The number of anilines is 1. The number of amides is 1. The summed E-state index contributed by atoms with van der Waals surface area (Å²) >= 11 is 0. The monoisotopic (exact) mass is 334 g/mol. The van der Waals surface area contributed by atoms with Crippen molar-refractivity contribution in [2.45, 2.75) is 38.7 Å². The number of aliphatic hydroxyl groups is 1. The topological polar surface area (TPSA) is 78.9 Å². The zero-order valence-electron chi connectivity index (χ0n) is 14.2. The van der Waals surface area contributed by atoms with Gasteiger partial charge >= 0.3 is 5.97 Å². The molecule has 1 saturated heterocycles. The van der Waals surface area contributed by atoms with Crippen LogP contribution in [0.3, 0.4) is 0 Å². The van der Waals surface area contributed by atoms with Crippen LogP contribution in [0.5, 0.6) is 0 Å². The average Bonchev–Trinajstić information content (AvgIpc) is 2.88. The third kappa shape index (κ3) is 4.96. The number of rotatable bonds is 6.